The second kappa shape index (κ2) is 11.6. The van der Waals surface area contributed by atoms with E-state index in [0.717, 1.165) is 17.6 Å². The van der Waals surface area contributed by atoms with Crippen molar-refractivity contribution in [3.8, 4) is 5.75 Å². The Morgan fingerprint density at radius 2 is 1.67 bits per heavy atom. The van der Waals surface area contributed by atoms with Crippen LogP contribution in [0, 0.1) is 12.7 Å². The number of carbonyl (C=O) groups is 3. The number of carbonyl (C=O) groups excluding carboxylic acids is 1. The minimum atomic E-state index is -1.26. The normalized spacial score (nSPS) is 10.7. The lowest BCUT2D eigenvalue weighted by Gasteiger charge is -2.08. The average molecular weight is 456 g/mol. The molecule has 4 N–H and O–H groups in total. The summed E-state index contributed by atoms with van der Waals surface area (Å²) in [4.78, 5) is 32.2. The maximum atomic E-state index is 13.8. The van der Waals surface area contributed by atoms with Gasteiger partial charge >= 0.3 is 11.9 Å². The van der Waals surface area contributed by atoms with Gasteiger partial charge in [-0.25, -0.2) is 14.0 Å². The van der Waals surface area contributed by atoms with E-state index in [0.29, 0.717) is 47.5 Å². The van der Waals surface area contributed by atoms with Crippen molar-refractivity contribution in [2.75, 3.05) is 13.7 Å². The number of carboxylic acids is 2. The Hall–Kier alpha value is -3.98. The first-order valence-electron chi connectivity index (χ1n) is 10.0. The highest BCUT2D eigenvalue weighted by atomic mass is 19.1. The molecule has 0 bridgehead atoms. The molecule has 33 heavy (non-hydrogen) atoms. The van der Waals surface area contributed by atoms with Crippen LogP contribution in [-0.4, -0.2) is 46.2 Å². The zero-order valence-corrected chi connectivity index (χ0v) is 18.2. The molecule has 1 heterocycles. The molecule has 3 rings (SSSR count). The smallest absolute Gasteiger partial charge is 0.328 e. The van der Waals surface area contributed by atoms with Crippen molar-refractivity contribution in [2.24, 2.45) is 5.73 Å². The molecule has 0 radical (unpaired) electrons. The van der Waals surface area contributed by atoms with Crippen molar-refractivity contribution >= 4 is 28.6 Å². The topological polar surface area (TPSA) is 132 Å². The Labute approximate surface area is 189 Å². The molecule has 0 aliphatic carbocycles. The molecule has 9 heteroatoms. The highest BCUT2D eigenvalue weighted by Crippen LogP contribution is 2.29. The van der Waals surface area contributed by atoms with Gasteiger partial charge in [0.2, 0.25) is 0 Å². The minimum absolute atomic E-state index is 0.123. The van der Waals surface area contributed by atoms with Crippen molar-refractivity contribution in [2.45, 2.75) is 19.9 Å². The van der Waals surface area contributed by atoms with Crippen molar-refractivity contribution in [1.29, 1.82) is 0 Å². The second-order valence-electron chi connectivity index (χ2n) is 6.98. The van der Waals surface area contributed by atoms with Crippen LogP contribution in [0.15, 0.2) is 54.6 Å². The van der Waals surface area contributed by atoms with Gasteiger partial charge < -0.3 is 25.3 Å². The molecule has 1 aromatic heterocycles. The van der Waals surface area contributed by atoms with Crippen LogP contribution >= 0.6 is 0 Å². The molecule has 8 nitrogen and oxygen atoms in total. The number of ether oxygens (including phenoxy) is 1. The monoisotopic (exact) mass is 456 g/mol. The van der Waals surface area contributed by atoms with Crippen LogP contribution in [-0.2, 0) is 16.1 Å². The number of rotatable bonds is 8. The molecular formula is C24H25FN2O6. The summed E-state index contributed by atoms with van der Waals surface area (Å²) in [6.07, 6.45) is 1.91. The number of aromatic nitrogens is 1. The second-order valence-corrected chi connectivity index (χ2v) is 6.98. The quantitative estimate of drug-likeness (QED) is 0.350. The van der Waals surface area contributed by atoms with E-state index in [9.17, 15) is 18.8 Å². The molecule has 0 aliphatic rings. The van der Waals surface area contributed by atoms with E-state index in [1.807, 2.05) is 11.5 Å². The van der Waals surface area contributed by atoms with Crippen molar-refractivity contribution in [3.63, 3.8) is 0 Å². The largest absolute Gasteiger partial charge is 0.497 e. The fourth-order valence-corrected chi connectivity index (χ4v) is 3.31. The van der Waals surface area contributed by atoms with Gasteiger partial charge in [0.15, 0.2) is 5.78 Å². The first-order chi connectivity index (χ1) is 15.7. The summed E-state index contributed by atoms with van der Waals surface area (Å²) in [5, 5.41) is 16.3. The third-order valence-electron chi connectivity index (χ3n) is 4.82. The maximum Gasteiger partial charge on any atom is 0.328 e. The number of halogens is 1. The number of aliphatic carboxylic acids is 2. The van der Waals surface area contributed by atoms with Gasteiger partial charge in [-0.05, 0) is 62.4 Å². The molecule has 0 amide bonds. The van der Waals surface area contributed by atoms with Crippen LogP contribution in [0.3, 0.4) is 0 Å². The Kier molecular flexibility index (Phi) is 8.88. The van der Waals surface area contributed by atoms with Gasteiger partial charge in [-0.1, -0.05) is 0 Å². The molecule has 0 aliphatic heterocycles. The van der Waals surface area contributed by atoms with Crippen molar-refractivity contribution in [1.82, 2.24) is 4.57 Å². The summed E-state index contributed by atoms with van der Waals surface area (Å²) >= 11 is 0. The summed E-state index contributed by atoms with van der Waals surface area (Å²) in [6, 6.07) is 11.5. The fraction of sp³-hybridized carbons (Fsp3) is 0.208. The Bertz CT molecular complexity index is 1170. The molecule has 0 spiro atoms. The van der Waals surface area contributed by atoms with E-state index in [2.05, 4.69) is 0 Å². The van der Waals surface area contributed by atoms with Crippen LogP contribution in [0.4, 0.5) is 4.39 Å². The predicted octanol–water partition coefficient (Wildman–Crippen LogP) is 3.39. The number of nitrogens with two attached hydrogens (primary N) is 1. The number of ketones is 1. The fourth-order valence-electron chi connectivity index (χ4n) is 3.31. The predicted molar refractivity (Wildman–Crippen MR) is 121 cm³/mol. The van der Waals surface area contributed by atoms with E-state index in [1.54, 1.807) is 37.4 Å². The Morgan fingerprint density at radius 1 is 1.06 bits per heavy atom. The maximum absolute atomic E-state index is 13.8. The number of aryl methyl sites for hydroxylation is 1. The standard InChI is InChI=1S/C20H21FN2O2.C4H4O4/c1-13-19(20(24)14-4-7-16(25-2)8-5-14)17-12-15(21)6-9-18(17)23(13)11-3-10-22;5-3(6)1-2-4(7)8/h4-9,12H,3,10-11,22H2,1-2H3;1-2H,(H,5,6)(H,7,8)/b;2-1-. The molecule has 0 unspecified atom stereocenters. The zero-order chi connectivity index (χ0) is 24.5. The molecule has 2 aromatic carbocycles. The summed E-state index contributed by atoms with van der Waals surface area (Å²) in [5.74, 6) is -2.31. The lowest BCUT2D eigenvalue weighted by molar-refractivity contribution is -0.134. The highest BCUT2D eigenvalue weighted by Gasteiger charge is 2.21. The molecule has 0 saturated carbocycles. The average Bonchev–Trinajstić information content (AvgIpc) is 3.06. The number of hydrogen-bond acceptors (Lipinski definition) is 5. The summed E-state index contributed by atoms with van der Waals surface area (Å²) < 4.78 is 21.0. The minimum Gasteiger partial charge on any atom is -0.497 e. The van der Waals surface area contributed by atoms with Gasteiger partial charge in [0, 0.05) is 40.9 Å². The zero-order valence-electron chi connectivity index (χ0n) is 18.2. The molecule has 174 valence electrons. The van der Waals surface area contributed by atoms with Crippen LogP contribution in [0.2, 0.25) is 0 Å². The van der Waals surface area contributed by atoms with E-state index >= 15 is 0 Å². The third kappa shape index (κ3) is 6.50. The number of methoxy groups -OCH3 is 1. The number of hydrogen-bond donors (Lipinski definition) is 3. The van der Waals surface area contributed by atoms with E-state index in [4.69, 9.17) is 20.7 Å². The van der Waals surface area contributed by atoms with E-state index in [-0.39, 0.29) is 11.6 Å². The number of fused-ring (bicyclic) bond motifs is 1. The van der Waals surface area contributed by atoms with Gasteiger partial charge in [0.1, 0.15) is 11.6 Å². The van der Waals surface area contributed by atoms with Crippen LogP contribution < -0.4 is 10.5 Å². The van der Waals surface area contributed by atoms with E-state index < -0.39 is 11.9 Å². The van der Waals surface area contributed by atoms with Gasteiger partial charge in [0.05, 0.1) is 12.7 Å². The lowest BCUT2D eigenvalue weighted by atomic mass is 10.0. The van der Waals surface area contributed by atoms with Crippen molar-refractivity contribution in [3.05, 3.63) is 77.3 Å². The number of nitrogens with zero attached hydrogens (tertiary/aromatic N) is 1. The molecule has 3 aromatic rings. The Balaban J connectivity index is 0.000000414. The first-order valence-corrected chi connectivity index (χ1v) is 10.0. The van der Waals surface area contributed by atoms with Gasteiger partial charge in [-0.3, -0.25) is 4.79 Å². The molecule has 0 atom stereocenters. The van der Waals surface area contributed by atoms with Gasteiger partial charge in [0.25, 0.3) is 0 Å². The first kappa shape index (κ1) is 25.3. The number of benzene rings is 2. The van der Waals surface area contributed by atoms with Crippen LogP contribution in [0.5, 0.6) is 5.75 Å². The van der Waals surface area contributed by atoms with E-state index in [1.165, 1.54) is 12.1 Å². The number of carboxylic acid groups (broad SMARTS) is 2. The van der Waals surface area contributed by atoms with Gasteiger partial charge in [-0.15, -0.1) is 0 Å². The van der Waals surface area contributed by atoms with Crippen LogP contribution in [0.25, 0.3) is 10.9 Å². The third-order valence-corrected chi connectivity index (χ3v) is 4.82. The van der Waals surface area contributed by atoms with Crippen molar-refractivity contribution < 1.29 is 33.7 Å². The SMILES string of the molecule is COc1ccc(C(=O)c2c(C)n(CCCN)c3ccc(F)cc23)cc1.O=C(O)/C=C\C(=O)O. The summed E-state index contributed by atoms with van der Waals surface area (Å²) in [6.45, 7) is 3.15. The molecule has 0 fully saturated rings. The van der Waals surface area contributed by atoms with Gasteiger partial charge in [-0.2, -0.15) is 0 Å². The lowest BCUT2D eigenvalue weighted by Crippen LogP contribution is -2.08. The Morgan fingerprint density at radius 3 is 2.18 bits per heavy atom. The summed E-state index contributed by atoms with van der Waals surface area (Å²) in [7, 11) is 1.58. The van der Waals surface area contributed by atoms with Crippen LogP contribution in [0.1, 0.15) is 28.0 Å². The molecular weight excluding hydrogens is 431 g/mol. The molecule has 0 saturated heterocycles. The summed E-state index contributed by atoms with van der Waals surface area (Å²) in [5.41, 5.74) is 8.39. The highest BCUT2D eigenvalue weighted by molar-refractivity contribution is 6.17.